The molecule has 2 rings (SSSR count). The van der Waals surface area contributed by atoms with Crippen LogP contribution in [0.5, 0.6) is 0 Å². The van der Waals surface area contributed by atoms with Gasteiger partial charge in [0.1, 0.15) is 0 Å². The van der Waals surface area contributed by atoms with Gasteiger partial charge in [-0.2, -0.15) is 0 Å². The van der Waals surface area contributed by atoms with E-state index >= 15 is 0 Å². The summed E-state index contributed by atoms with van der Waals surface area (Å²) in [7, 11) is 2.24. The lowest BCUT2D eigenvalue weighted by Gasteiger charge is -2.43. The summed E-state index contributed by atoms with van der Waals surface area (Å²) in [6, 6.07) is 0.863. The fraction of sp³-hybridized carbons (Fsp3) is 1.00. The van der Waals surface area contributed by atoms with Crippen LogP contribution in [0.1, 0.15) is 53.4 Å². The zero-order chi connectivity index (χ0) is 14.0. The van der Waals surface area contributed by atoms with Crippen LogP contribution in [0, 0.1) is 17.3 Å². The minimum Gasteiger partial charge on any atom is -0.303 e. The second-order valence-electron chi connectivity index (χ2n) is 8.34. The van der Waals surface area contributed by atoms with E-state index in [0.717, 1.165) is 17.9 Å². The first-order valence-corrected chi connectivity index (χ1v) is 8.28. The Hall–Kier alpha value is -0.0800. The number of hydrogen-bond donors (Lipinski definition) is 0. The highest BCUT2D eigenvalue weighted by Gasteiger charge is 2.32. The van der Waals surface area contributed by atoms with E-state index in [2.05, 4.69) is 44.5 Å². The summed E-state index contributed by atoms with van der Waals surface area (Å²) >= 11 is 0. The van der Waals surface area contributed by atoms with E-state index in [-0.39, 0.29) is 0 Å². The average molecular weight is 266 g/mol. The van der Waals surface area contributed by atoms with Crippen LogP contribution in [-0.2, 0) is 0 Å². The van der Waals surface area contributed by atoms with Crippen molar-refractivity contribution in [3.63, 3.8) is 0 Å². The molecule has 0 aliphatic carbocycles. The molecule has 0 aromatic rings. The first kappa shape index (κ1) is 15.3. The van der Waals surface area contributed by atoms with Gasteiger partial charge in [0, 0.05) is 19.1 Å². The monoisotopic (exact) mass is 266 g/mol. The molecule has 2 heteroatoms. The SMILES string of the molecule is CC(CC(C)(C)C)C1CCCN(C2CN(C)C2)CC1. The van der Waals surface area contributed by atoms with Gasteiger partial charge in [-0.15, -0.1) is 0 Å². The van der Waals surface area contributed by atoms with E-state index < -0.39 is 0 Å². The fourth-order valence-electron chi connectivity index (χ4n) is 4.11. The van der Waals surface area contributed by atoms with E-state index in [1.165, 1.54) is 51.9 Å². The maximum absolute atomic E-state index is 2.77. The van der Waals surface area contributed by atoms with Crippen molar-refractivity contribution < 1.29 is 0 Å². The van der Waals surface area contributed by atoms with Gasteiger partial charge in [0.2, 0.25) is 0 Å². The van der Waals surface area contributed by atoms with Crippen molar-refractivity contribution in [2.75, 3.05) is 33.2 Å². The van der Waals surface area contributed by atoms with Crippen LogP contribution in [0.15, 0.2) is 0 Å². The lowest BCUT2D eigenvalue weighted by molar-refractivity contribution is 0.0533. The molecule has 2 aliphatic rings. The molecule has 0 radical (unpaired) electrons. The number of rotatable bonds is 3. The third kappa shape index (κ3) is 4.46. The zero-order valence-electron chi connectivity index (χ0n) is 13.8. The van der Waals surface area contributed by atoms with Crippen LogP contribution >= 0.6 is 0 Å². The van der Waals surface area contributed by atoms with Crippen LogP contribution in [-0.4, -0.2) is 49.1 Å². The van der Waals surface area contributed by atoms with Crippen molar-refractivity contribution in [2.24, 2.45) is 17.3 Å². The Kier molecular flexibility index (Phi) is 4.94. The molecule has 0 N–H and O–H groups in total. The van der Waals surface area contributed by atoms with Crippen molar-refractivity contribution in [3.05, 3.63) is 0 Å². The molecule has 112 valence electrons. The van der Waals surface area contributed by atoms with Gasteiger partial charge in [-0.25, -0.2) is 0 Å². The van der Waals surface area contributed by atoms with Gasteiger partial charge >= 0.3 is 0 Å². The highest BCUT2D eigenvalue weighted by Crippen LogP contribution is 2.34. The van der Waals surface area contributed by atoms with Crippen molar-refractivity contribution >= 4 is 0 Å². The summed E-state index contributed by atoms with van der Waals surface area (Å²) in [6.45, 7) is 14.9. The predicted octanol–water partition coefficient (Wildman–Crippen LogP) is 3.47. The molecule has 2 atom stereocenters. The summed E-state index contributed by atoms with van der Waals surface area (Å²) in [5, 5.41) is 0. The molecular formula is C17H34N2. The van der Waals surface area contributed by atoms with Gasteiger partial charge < -0.3 is 4.90 Å². The minimum atomic E-state index is 0.488. The lowest BCUT2D eigenvalue weighted by atomic mass is 9.77. The third-order valence-electron chi connectivity index (χ3n) is 5.11. The van der Waals surface area contributed by atoms with Crippen molar-refractivity contribution in [1.29, 1.82) is 0 Å². The zero-order valence-corrected chi connectivity index (χ0v) is 13.8. The summed E-state index contributed by atoms with van der Waals surface area (Å²) < 4.78 is 0. The largest absolute Gasteiger partial charge is 0.303 e. The van der Waals surface area contributed by atoms with E-state index in [0.29, 0.717) is 5.41 Å². The van der Waals surface area contributed by atoms with E-state index in [1.807, 2.05) is 0 Å². The second kappa shape index (κ2) is 6.13. The molecule has 2 unspecified atom stereocenters. The van der Waals surface area contributed by atoms with Gasteiger partial charge in [0.15, 0.2) is 0 Å². The Labute approximate surface area is 120 Å². The number of likely N-dealkylation sites (N-methyl/N-ethyl adjacent to an activating group) is 1. The Morgan fingerprint density at radius 3 is 2.37 bits per heavy atom. The minimum absolute atomic E-state index is 0.488. The first-order valence-electron chi connectivity index (χ1n) is 8.28. The van der Waals surface area contributed by atoms with Crippen molar-refractivity contribution in [3.8, 4) is 0 Å². The van der Waals surface area contributed by atoms with E-state index in [4.69, 9.17) is 0 Å². The molecule has 2 aliphatic heterocycles. The predicted molar refractivity (Wildman–Crippen MR) is 83.4 cm³/mol. The maximum atomic E-state index is 2.77. The fourth-order valence-corrected chi connectivity index (χ4v) is 4.11. The summed E-state index contributed by atoms with van der Waals surface area (Å²) in [5.41, 5.74) is 0.488. The number of nitrogens with zero attached hydrogens (tertiary/aromatic N) is 2. The molecule has 0 bridgehead atoms. The highest BCUT2D eigenvalue weighted by atomic mass is 15.3. The van der Waals surface area contributed by atoms with Crippen LogP contribution in [0.4, 0.5) is 0 Å². The molecule has 2 fully saturated rings. The second-order valence-corrected chi connectivity index (χ2v) is 8.34. The molecule has 0 aromatic carbocycles. The lowest BCUT2D eigenvalue weighted by Crippen LogP contribution is -2.57. The highest BCUT2D eigenvalue weighted by molar-refractivity contribution is 4.88. The topological polar surface area (TPSA) is 6.48 Å². The Balaban J connectivity index is 1.79. The van der Waals surface area contributed by atoms with Gasteiger partial charge in [-0.3, -0.25) is 4.90 Å². The number of likely N-dealkylation sites (tertiary alicyclic amines) is 2. The van der Waals surface area contributed by atoms with Gasteiger partial charge in [0.25, 0.3) is 0 Å². The molecule has 19 heavy (non-hydrogen) atoms. The van der Waals surface area contributed by atoms with Gasteiger partial charge in [-0.1, -0.05) is 27.7 Å². The molecule has 2 heterocycles. The van der Waals surface area contributed by atoms with Crippen molar-refractivity contribution in [2.45, 2.75) is 59.4 Å². The summed E-state index contributed by atoms with van der Waals surface area (Å²) in [6.07, 6.45) is 5.68. The van der Waals surface area contributed by atoms with Crippen LogP contribution < -0.4 is 0 Å². The van der Waals surface area contributed by atoms with Crippen LogP contribution in [0.3, 0.4) is 0 Å². The third-order valence-corrected chi connectivity index (χ3v) is 5.11. The number of hydrogen-bond acceptors (Lipinski definition) is 2. The normalized spacial score (nSPS) is 29.8. The summed E-state index contributed by atoms with van der Waals surface area (Å²) in [4.78, 5) is 5.21. The molecule has 0 saturated carbocycles. The Morgan fingerprint density at radius 1 is 1.11 bits per heavy atom. The van der Waals surface area contributed by atoms with Gasteiger partial charge in [-0.05, 0) is 63.1 Å². The Morgan fingerprint density at radius 2 is 1.79 bits per heavy atom. The molecule has 0 spiro atoms. The average Bonchev–Trinajstić information content (AvgIpc) is 2.47. The molecule has 2 saturated heterocycles. The first-order chi connectivity index (χ1) is 8.85. The summed E-state index contributed by atoms with van der Waals surface area (Å²) in [5.74, 6) is 1.85. The molecule has 0 amide bonds. The van der Waals surface area contributed by atoms with Crippen LogP contribution in [0.2, 0.25) is 0 Å². The maximum Gasteiger partial charge on any atom is 0.0350 e. The quantitative estimate of drug-likeness (QED) is 0.772. The molecule has 0 aromatic heterocycles. The van der Waals surface area contributed by atoms with Crippen LogP contribution in [0.25, 0.3) is 0 Å². The molecular weight excluding hydrogens is 232 g/mol. The smallest absolute Gasteiger partial charge is 0.0350 e. The Bertz CT molecular complexity index is 275. The van der Waals surface area contributed by atoms with E-state index in [1.54, 1.807) is 0 Å². The van der Waals surface area contributed by atoms with Gasteiger partial charge in [0.05, 0.1) is 0 Å². The van der Waals surface area contributed by atoms with E-state index in [9.17, 15) is 0 Å². The molecule has 2 nitrogen and oxygen atoms in total. The standard InChI is InChI=1S/C17H34N2/c1-14(11-17(2,3)4)15-7-6-9-19(10-8-15)16-12-18(5)13-16/h14-16H,6-13H2,1-5H3. The van der Waals surface area contributed by atoms with Crippen molar-refractivity contribution in [1.82, 2.24) is 9.80 Å².